The van der Waals surface area contributed by atoms with Crippen LogP contribution in [0.15, 0.2) is 36.4 Å². The van der Waals surface area contributed by atoms with Crippen LogP contribution >= 0.6 is 0 Å². The fraction of sp³-hybridized carbons (Fsp3) is 0.286. The molecule has 1 rings (SSSR count). The SMILES string of the molecule is COC(=O)CCNC(=O)/C=C(/C)c1ccccc1. The molecule has 96 valence electrons. The molecule has 0 unspecified atom stereocenters. The van der Waals surface area contributed by atoms with Crippen molar-refractivity contribution in [3.8, 4) is 0 Å². The highest BCUT2D eigenvalue weighted by molar-refractivity contribution is 5.94. The Hall–Kier alpha value is -2.10. The van der Waals surface area contributed by atoms with Crippen molar-refractivity contribution >= 4 is 17.4 Å². The van der Waals surface area contributed by atoms with Crippen molar-refractivity contribution in [2.45, 2.75) is 13.3 Å². The molecule has 4 heteroatoms. The number of nitrogens with one attached hydrogen (secondary N) is 1. The van der Waals surface area contributed by atoms with Crippen molar-refractivity contribution in [1.29, 1.82) is 0 Å². The zero-order valence-corrected chi connectivity index (χ0v) is 10.6. The summed E-state index contributed by atoms with van der Waals surface area (Å²) in [5, 5.41) is 2.63. The average Bonchev–Trinajstić information content (AvgIpc) is 2.39. The van der Waals surface area contributed by atoms with E-state index in [0.717, 1.165) is 11.1 Å². The molecule has 1 aromatic rings. The molecule has 1 aromatic carbocycles. The van der Waals surface area contributed by atoms with Crippen LogP contribution in [0.2, 0.25) is 0 Å². The predicted molar refractivity (Wildman–Crippen MR) is 69.7 cm³/mol. The maximum Gasteiger partial charge on any atom is 0.307 e. The van der Waals surface area contributed by atoms with E-state index < -0.39 is 0 Å². The molecule has 0 bridgehead atoms. The van der Waals surface area contributed by atoms with Crippen LogP contribution in [-0.2, 0) is 14.3 Å². The first kappa shape index (κ1) is 14.0. The van der Waals surface area contributed by atoms with Crippen LogP contribution in [0, 0.1) is 0 Å². The topological polar surface area (TPSA) is 55.4 Å². The Morgan fingerprint density at radius 3 is 2.56 bits per heavy atom. The van der Waals surface area contributed by atoms with Crippen LogP contribution in [0.5, 0.6) is 0 Å². The summed E-state index contributed by atoms with van der Waals surface area (Å²) >= 11 is 0. The van der Waals surface area contributed by atoms with Crippen molar-refractivity contribution in [2.24, 2.45) is 0 Å². The highest BCUT2D eigenvalue weighted by atomic mass is 16.5. The summed E-state index contributed by atoms with van der Waals surface area (Å²) in [5.41, 5.74) is 1.88. The molecule has 0 saturated heterocycles. The zero-order valence-electron chi connectivity index (χ0n) is 10.6. The number of ether oxygens (including phenoxy) is 1. The summed E-state index contributed by atoms with van der Waals surface area (Å²) in [7, 11) is 1.32. The Labute approximate surface area is 107 Å². The first-order valence-corrected chi connectivity index (χ1v) is 5.72. The van der Waals surface area contributed by atoms with Gasteiger partial charge in [-0.25, -0.2) is 0 Å². The van der Waals surface area contributed by atoms with Gasteiger partial charge in [-0.3, -0.25) is 9.59 Å². The van der Waals surface area contributed by atoms with E-state index in [2.05, 4.69) is 10.1 Å². The van der Waals surface area contributed by atoms with Crippen LogP contribution in [0.4, 0.5) is 0 Å². The second-order valence-corrected chi connectivity index (χ2v) is 3.81. The monoisotopic (exact) mass is 247 g/mol. The molecule has 0 aromatic heterocycles. The van der Waals surface area contributed by atoms with E-state index in [1.54, 1.807) is 0 Å². The third-order valence-corrected chi connectivity index (χ3v) is 2.43. The molecule has 0 heterocycles. The van der Waals surface area contributed by atoms with E-state index in [4.69, 9.17) is 0 Å². The quantitative estimate of drug-likeness (QED) is 0.637. The Balaban J connectivity index is 2.46. The van der Waals surface area contributed by atoms with Crippen LogP contribution < -0.4 is 5.32 Å². The predicted octanol–water partition coefficient (Wildman–Crippen LogP) is 1.77. The zero-order chi connectivity index (χ0) is 13.4. The largest absolute Gasteiger partial charge is 0.469 e. The molecule has 1 N–H and O–H groups in total. The molecular weight excluding hydrogens is 230 g/mol. The van der Waals surface area contributed by atoms with Crippen molar-refractivity contribution in [3.05, 3.63) is 42.0 Å². The number of hydrogen-bond donors (Lipinski definition) is 1. The number of benzene rings is 1. The van der Waals surface area contributed by atoms with E-state index in [9.17, 15) is 9.59 Å². The van der Waals surface area contributed by atoms with Crippen molar-refractivity contribution in [1.82, 2.24) is 5.32 Å². The molecule has 4 nitrogen and oxygen atoms in total. The Morgan fingerprint density at radius 2 is 1.94 bits per heavy atom. The van der Waals surface area contributed by atoms with Crippen LogP contribution in [0.1, 0.15) is 18.9 Å². The number of carbonyl (C=O) groups is 2. The molecular formula is C14H17NO3. The summed E-state index contributed by atoms with van der Waals surface area (Å²) in [6, 6.07) is 9.64. The number of allylic oxidation sites excluding steroid dienone is 1. The summed E-state index contributed by atoms with van der Waals surface area (Å²) in [4.78, 5) is 22.4. The molecule has 0 radical (unpaired) electrons. The number of esters is 1. The van der Waals surface area contributed by atoms with Gasteiger partial charge in [-0.2, -0.15) is 0 Å². The van der Waals surface area contributed by atoms with Crippen LogP contribution in [0.25, 0.3) is 5.57 Å². The van der Waals surface area contributed by atoms with Gasteiger partial charge in [0.15, 0.2) is 0 Å². The van der Waals surface area contributed by atoms with Gasteiger partial charge in [-0.15, -0.1) is 0 Å². The first-order chi connectivity index (χ1) is 8.63. The molecule has 0 spiro atoms. The van der Waals surface area contributed by atoms with Gasteiger partial charge < -0.3 is 10.1 Å². The van der Waals surface area contributed by atoms with Gasteiger partial charge in [0.2, 0.25) is 5.91 Å². The van der Waals surface area contributed by atoms with Crippen molar-refractivity contribution in [2.75, 3.05) is 13.7 Å². The molecule has 1 amide bonds. The highest BCUT2D eigenvalue weighted by Gasteiger charge is 2.02. The normalized spacial score (nSPS) is 10.9. The number of rotatable bonds is 5. The number of methoxy groups -OCH3 is 1. The minimum atomic E-state index is -0.334. The lowest BCUT2D eigenvalue weighted by Gasteiger charge is -2.03. The Bertz CT molecular complexity index is 438. The number of hydrogen-bond acceptors (Lipinski definition) is 3. The van der Waals surface area contributed by atoms with Gasteiger partial charge in [-0.05, 0) is 18.1 Å². The van der Waals surface area contributed by atoms with Gasteiger partial charge in [0.05, 0.1) is 13.5 Å². The molecule has 18 heavy (non-hydrogen) atoms. The maximum absolute atomic E-state index is 11.6. The van der Waals surface area contributed by atoms with Gasteiger partial charge in [0.1, 0.15) is 0 Å². The van der Waals surface area contributed by atoms with Crippen LogP contribution in [-0.4, -0.2) is 25.5 Å². The van der Waals surface area contributed by atoms with Crippen LogP contribution in [0.3, 0.4) is 0 Å². The lowest BCUT2D eigenvalue weighted by atomic mass is 10.1. The maximum atomic E-state index is 11.6. The fourth-order valence-corrected chi connectivity index (χ4v) is 1.42. The second-order valence-electron chi connectivity index (χ2n) is 3.81. The molecule has 0 aliphatic carbocycles. The third-order valence-electron chi connectivity index (χ3n) is 2.43. The summed E-state index contributed by atoms with van der Waals surface area (Å²) in [6.45, 7) is 2.15. The lowest BCUT2D eigenvalue weighted by Crippen LogP contribution is -2.24. The number of amides is 1. The summed E-state index contributed by atoms with van der Waals surface area (Å²) < 4.78 is 4.48. The molecule has 0 saturated carbocycles. The fourth-order valence-electron chi connectivity index (χ4n) is 1.42. The minimum absolute atomic E-state index is 0.181. The third kappa shape index (κ3) is 4.82. The van der Waals surface area contributed by atoms with E-state index in [1.165, 1.54) is 13.2 Å². The van der Waals surface area contributed by atoms with Gasteiger partial charge >= 0.3 is 5.97 Å². The lowest BCUT2D eigenvalue weighted by molar-refractivity contribution is -0.140. The molecule has 0 aliphatic heterocycles. The average molecular weight is 247 g/mol. The highest BCUT2D eigenvalue weighted by Crippen LogP contribution is 2.11. The van der Waals surface area contributed by atoms with Gasteiger partial charge in [0, 0.05) is 12.6 Å². The minimum Gasteiger partial charge on any atom is -0.469 e. The molecule has 0 aliphatic rings. The Morgan fingerprint density at radius 1 is 1.28 bits per heavy atom. The number of carbonyl (C=O) groups excluding carboxylic acids is 2. The first-order valence-electron chi connectivity index (χ1n) is 5.72. The van der Waals surface area contributed by atoms with E-state index in [1.807, 2.05) is 37.3 Å². The smallest absolute Gasteiger partial charge is 0.307 e. The van der Waals surface area contributed by atoms with Gasteiger partial charge in [-0.1, -0.05) is 30.3 Å². The van der Waals surface area contributed by atoms with E-state index in [-0.39, 0.29) is 24.8 Å². The summed E-state index contributed by atoms with van der Waals surface area (Å²) in [6.07, 6.45) is 1.70. The standard InChI is InChI=1S/C14H17NO3/c1-11(12-6-4-3-5-7-12)10-13(16)15-9-8-14(17)18-2/h3-7,10H,8-9H2,1-2H3,(H,15,16)/b11-10-. The van der Waals surface area contributed by atoms with E-state index in [0.29, 0.717) is 0 Å². The second kappa shape index (κ2) is 7.27. The van der Waals surface area contributed by atoms with Crippen molar-refractivity contribution in [3.63, 3.8) is 0 Å². The molecule has 0 atom stereocenters. The van der Waals surface area contributed by atoms with Gasteiger partial charge in [0.25, 0.3) is 0 Å². The molecule has 0 fully saturated rings. The van der Waals surface area contributed by atoms with Crippen molar-refractivity contribution < 1.29 is 14.3 Å². The van der Waals surface area contributed by atoms with E-state index >= 15 is 0 Å². The Kier molecular flexibility index (Phi) is 5.64. The summed E-state index contributed by atoms with van der Waals surface area (Å²) in [5.74, 6) is -0.542.